The largest absolute Gasteiger partial charge is 0.344 e. The van der Waals surface area contributed by atoms with E-state index in [0.717, 1.165) is 10.9 Å². The van der Waals surface area contributed by atoms with Crippen LogP contribution in [0.1, 0.15) is 20.8 Å². The van der Waals surface area contributed by atoms with Gasteiger partial charge in [0.05, 0.1) is 17.4 Å². The molecule has 2 amide bonds. The van der Waals surface area contributed by atoms with E-state index in [-0.39, 0.29) is 17.7 Å². The molecule has 3 N–H and O–H groups in total. The maximum atomic E-state index is 12.3. The van der Waals surface area contributed by atoms with Crippen molar-refractivity contribution in [2.24, 2.45) is 5.92 Å². The number of H-pyrrole nitrogens is 1. The molecule has 6 heteroatoms. The van der Waals surface area contributed by atoms with Gasteiger partial charge < -0.3 is 10.6 Å². The van der Waals surface area contributed by atoms with E-state index in [1.807, 2.05) is 26.0 Å². The summed E-state index contributed by atoms with van der Waals surface area (Å²) in [4.78, 5) is 23.5. The first-order valence-corrected chi connectivity index (χ1v) is 6.49. The number of aromatic nitrogens is 2. The molecule has 0 aliphatic rings. The fraction of sp³-hybridized carbons (Fsp3) is 0.357. The number of fused-ring (bicyclic) bond motifs is 1. The molecule has 1 heterocycles. The summed E-state index contributed by atoms with van der Waals surface area (Å²) in [6.07, 6.45) is 1.69. The van der Waals surface area contributed by atoms with Crippen LogP contribution in [-0.4, -0.2) is 28.1 Å². The van der Waals surface area contributed by atoms with E-state index in [1.165, 1.54) is 6.92 Å². The van der Waals surface area contributed by atoms with Gasteiger partial charge in [-0.2, -0.15) is 5.10 Å². The van der Waals surface area contributed by atoms with Crippen LogP contribution in [0.3, 0.4) is 0 Å². The molecule has 6 nitrogen and oxygen atoms in total. The van der Waals surface area contributed by atoms with E-state index < -0.39 is 6.04 Å². The highest BCUT2D eigenvalue weighted by Crippen LogP contribution is 2.21. The molecule has 0 saturated heterocycles. The van der Waals surface area contributed by atoms with Gasteiger partial charge in [0, 0.05) is 12.3 Å². The first-order valence-electron chi connectivity index (χ1n) is 6.49. The fourth-order valence-corrected chi connectivity index (χ4v) is 2.04. The molecule has 0 bridgehead atoms. The average Bonchev–Trinajstić information content (AvgIpc) is 2.84. The minimum absolute atomic E-state index is 0.000120. The van der Waals surface area contributed by atoms with Gasteiger partial charge >= 0.3 is 0 Å². The van der Waals surface area contributed by atoms with Crippen LogP contribution in [0.4, 0.5) is 5.69 Å². The number of benzene rings is 1. The molecular weight excluding hydrogens is 256 g/mol. The maximum Gasteiger partial charge on any atom is 0.247 e. The van der Waals surface area contributed by atoms with E-state index in [2.05, 4.69) is 20.8 Å². The molecule has 0 aliphatic heterocycles. The van der Waals surface area contributed by atoms with Crippen molar-refractivity contribution in [3.63, 3.8) is 0 Å². The molecule has 0 saturated carbocycles. The van der Waals surface area contributed by atoms with E-state index in [0.29, 0.717) is 5.69 Å². The number of carbonyl (C=O) groups is 2. The van der Waals surface area contributed by atoms with Gasteiger partial charge in [0.25, 0.3) is 0 Å². The van der Waals surface area contributed by atoms with Crippen molar-refractivity contribution in [3.8, 4) is 0 Å². The molecule has 1 aromatic heterocycles. The molecule has 2 rings (SSSR count). The Morgan fingerprint density at radius 2 is 2.05 bits per heavy atom. The van der Waals surface area contributed by atoms with Crippen molar-refractivity contribution in [1.29, 1.82) is 0 Å². The number of anilines is 1. The Balaban J connectivity index is 2.21. The molecule has 1 aromatic carbocycles. The number of aromatic amines is 1. The molecule has 0 spiro atoms. The molecule has 0 aliphatic carbocycles. The molecule has 0 fully saturated rings. The predicted octanol–water partition coefficient (Wildman–Crippen LogP) is 1.66. The summed E-state index contributed by atoms with van der Waals surface area (Å²) in [5, 5.41) is 13.2. The lowest BCUT2D eigenvalue weighted by molar-refractivity contribution is -0.126. The summed E-state index contributed by atoms with van der Waals surface area (Å²) in [6, 6.07) is 4.98. The number of rotatable bonds is 4. The summed E-state index contributed by atoms with van der Waals surface area (Å²) >= 11 is 0. The van der Waals surface area contributed by atoms with E-state index >= 15 is 0 Å². The van der Waals surface area contributed by atoms with Gasteiger partial charge in [0.2, 0.25) is 11.8 Å². The third-order valence-corrected chi connectivity index (χ3v) is 3.04. The highest BCUT2D eigenvalue weighted by atomic mass is 16.2. The minimum atomic E-state index is -0.564. The monoisotopic (exact) mass is 274 g/mol. The van der Waals surface area contributed by atoms with Crippen molar-refractivity contribution in [1.82, 2.24) is 15.5 Å². The summed E-state index contributed by atoms with van der Waals surface area (Å²) in [7, 11) is 0. The highest BCUT2D eigenvalue weighted by molar-refractivity contribution is 6.03. The summed E-state index contributed by atoms with van der Waals surface area (Å²) in [5.41, 5.74) is 1.42. The number of nitrogens with zero attached hydrogens (tertiary/aromatic N) is 1. The smallest absolute Gasteiger partial charge is 0.247 e. The minimum Gasteiger partial charge on any atom is -0.344 e. The van der Waals surface area contributed by atoms with Gasteiger partial charge in [-0.3, -0.25) is 14.7 Å². The first kappa shape index (κ1) is 14.0. The molecule has 2 aromatic rings. The summed E-state index contributed by atoms with van der Waals surface area (Å²) < 4.78 is 0. The van der Waals surface area contributed by atoms with Crippen LogP contribution >= 0.6 is 0 Å². The second kappa shape index (κ2) is 5.73. The van der Waals surface area contributed by atoms with Crippen LogP contribution in [0.2, 0.25) is 0 Å². The summed E-state index contributed by atoms with van der Waals surface area (Å²) in [5.74, 6) is -0.462. The van der Waals surface area contributed by atoms with Crippen molar-refractivity contribution in [2.45, 2.75) is 26.8 Å². The Bertz CT molecular complexity index is 633. The summed E-state index contributed by atoms with van der Waals surface area (Å²) in [6.45, 7) is 5.17. The molecular formula is C14H18N4O2. The molecule has 106 valence electrons. The third-order valence-electron chi connectivity index (χ3n) is 3.04. The Kier molecular flexibility index (Phi) is 4.02. The Hall–Kier alpha value is -2.37. The average molecular weight is 274 g/mol. The van der Waals surface area contributed by atoms with Gasteiger partial charge in [-0.25, -0.2) is 0 Å². The number of carbonyl (C=O) groups excluding carboxylic acids is 2. The van der Waals surface area contributed by atoms with Crippen molar-refractivity contribution in [2.75, 3.05) is 5.32 Å². The normalized spacial score (nSPS) is 12.4. The van der Waals surface area contributed by atoms with Crippen LogP contribution < -0.4 is 10.6 Å². The number of hydrogen-bond acceptors (Lipinski definition) is 3. The lowest BCUT2D eigenvalue weighted by atomic mass is 10.0. The lowest BCUT2D eigenvalue weighted by Crippen LogP contribution is -2.46. The van der Waals surface area contributed by atoms with Crippen LogP contribution in [0, 0.1) is 5.92 Å². The standard InChI is InChI=1S/C14H18N4O2/c1-8(2)12(16-9(3)19)14(20)17-11-6-4-5-10-7-15-18-13(10)11/h4-8,12H,1-3H3,(H,15,18)(H,16,19)(H,17,20)/t12-/m0/s1. The topological polar surface area (TPSA) is 86.9 Å². The van der Waals surface area contributed by atoms with Crippen molar-refractivity contribution in [3.05, 3.63) is 24.4 Å². The zero-order chi connectivity index (χ0) is 14.7. The number of para-hydroxylation sites is 1. The molecule has 1 atom stereocenters. The zero-order valence-electron chi connectivity index (χ0n) is 11.7. The Morgan fingerprint density at radius 3 is 2.70 bits per heavy atom. The quantitative estimate of drug-likeness (QED) is 0.792. The van der Waals surface area contributed by atoms with E-state index in [1.54, 1.807) is 12.3 Å². The maximum absolute atomic E-state index is 12.3. The van der Waals surface area contributed by atoms with Crippen LogP contribution in [0.25, 0.3) is 10.9 Å². The number of nitrogens with one attached hydrogen (secondary N) is 3. The molecule has 20 heavy (non-hydrogen) atoms. The Labute approximate surface area is 116 Å². The lowest BCUT2D eigenvalue weighted by Gasteiger charge is -2.21. The van der Waals surface area contributed by atoms with Gasteiger partial charge in [0.1, 0.15) is 6.04 Å². The van der Waals surface area contributed by atoms with E-state index in [4.69, 9.17) is 0 Å². The fourth-order valence-electron chi connectivity index (χ4n) is 2.04. The third kappa shape index (κ3) is 2.96. The SMILES string of the molecule is CC(=O)N[C@H](C(=O)Nc1cccc2cn[nH]c12)C(C)C. The van der Waals surface area contributed by atoms with Gasteiger partial charge in [0.15, 0.2) is 0 Å². The van der Waals surface area contributed by atoms with Gasteiger partial charge in [-0.1, -0.05) is 26.0 Å². The number of hydrogen-bond donors (Lipinski definition) is 3. The molecule has 0 unspecified atom stereocenters. The van der Waals surface area contributed by atoms with Gasteiger partial charge in [-0.05, 0) is 12.0 Å². The Morgan fingerprint density at radius 1 is 1.30 bits per heavy atom. The van der Waals surface area contributed by atoms with Crippen molar-refractivity contribution >= 4 is 28.4 Å². The van der Waals surface area contributed by atoms with Gasteiger partial charge in [-0.15, -0.1) is 0 Å². The highest BCUT2D eigenvalue weighted by Gasteiger charge is 2.23. The van der Waals surface area contributed by atoms with Crippen LogP contribution in [-0.2, 0) is 9.59 Å². The second-order valence-corrected chi connectivity index (χ2v) is 5.05. The van der Waals surface area contributed by atoms with Crippen LogP contribution in [0.15, 0.2) is 24.4 Å². The van der Waals surface area contributed by atoms with Crippen molar-refractivity contribution < 1.29 is 9.59 Å². The van der Waals surface area contributed by atoms with Crippen LogP contribution in [0.5, 0.6) is 0 Å². The predicted molar refractivity (Wildman–Crippen MR) is 77.2 cm³/mol. The second-order valence-electron chi connectivity index (χ2n) is 5.05. The first-order chi connectivity index (χ1) is 9.49. The number of amides is 2. The molecule has 0 radical (unpaired) electrons. The van der Waals surface area contributed by atoms with E-state index in [9.17, 15) is 9.59 Å². The zero-order valence-corrected chi connectivity index (χ0v) is 11.7.